The summed E-state index contributed by atoms with van der Waals surface area (Å²) in [4.78, 5) is 27.6. The summed E-state index contributed by atoms with van der Waals surface area (Å²) in [7, 11) is -4.13. The van der Waals surface area contributed by atoms with Crippen molar-refractivity contribution in [3.8, 4) is 5.88 Å². The second-order valence-electron chi connectivity index (χ2n) is 12.9. The lowest BCUT2D eigenvalue weighted by molar-refractivity contribution is -0.127. The molecule has 14 heteroatoms. The number of sulfonamides is 1. The van der Waals surface area contributed by atoms with E-state index in [1.165, 1.54) is 37.8 Å². The van der Waals surface area contributed by atoms with Gasteiger partial charge in [0, 0.05) is 17.6 Å². The molecule has 4 rings (SSSR count). The lowest BCUT2D eigenvalue weighted by Gasteiger charge is -2.32. The number of aliphatic hydroxyl groups excluding tert-OH is 1. The number of aromatic nitrogens is 2. The zero-order valence-corrected chi connectivity index (χ0v) is 31.0. The molecule has 1 aromatic heterocycles. The monoisotopic (exact) mass is 775 g/mol. The molecule has 0 saturated heterocycles. The highest BCUT2D eigenvalue weighted by Gasteiger charge is 2.34. The number of aliphatic hydroxyl groups is 1. The first kappa shape index (κ1) is 38.2. The molecule has 0 bridgehead atoms. The lowest BCUT2D eigenvalue weighted by Crippen LogP contribution is -2.53. The number of nitrogen functional groups attached to an aromatic ring is 1. The average Bonchev–Trinajstić information content (AvgIpc) is 3.29. The van der Waals surface area contributed by atoms with Crippen molar-refractivity contribution in [2.75, 3.05) is 18.8 Å². The maximum atomic E-state index is 14.1. The summed E-state index contributed by atoms with van der Waals surface area (Å²) in [6.45, 7) is 7.10. The summed E-state index contributed by atoms with van der Waals surface area (Å²) >= 11 is 9.46. The van der Waals surface area contributed by atoms with E-state index < -0.39 is 45.7 Å². The van der Waals surface area contributed by atoms with E-state index in [0.717, 1.165) is 15.6 Å². The van der Waals surface area contributed by atoms with Crippen LogP contribution in [0.2, 0.25) is 5.02 Å². The third-order valence-corrected chi connectivity index (χ3v) is 10.7. The van der Waals surface area contributed by atoms with Crippen molar-refractivity contribution in [3.05, 3.63) is 110 Å². The Kier molecular flexibility index (Phi) is 12.8. The molecule has 5 N–H and O–H groups in total. The topological polar surface area (TPSA) is 160 Å². The second-order valence-corrected chi connectivity index (χ2v) is 16.1. The van der Waals surface area contributed by atoms with Gasteiger partial charge in [0.25, 0.3) is 0 Å². The lowest BCUT2D eigenvalue weighted by atomic mass is 9.98. The second kappa shape index (κ2) is 16.4. The van der Waals surface area contributed by atoms with Gasteiger partial charge >= 0.3 is 5.69 Å². The number of nitrogens with one attached hydrogen (secondary N) is 1. The Morgan fingerprint density at radius 2 is 1.67 bits per heavy atom. The van der Waals surface area contributed by atoms with Gasteiger partial charge in [-0.1, -0.05) is 97.7 Å². The third kappa shape index (κ3) is 9.55. The molecule has 1 amide bonds. The van der Waals surface area contributed by atoms with Gasteiger partial charge in [-0.15, -0.1) is 0 Å². The number of hydrogen-bond donors (Lipinski definition) is 4. The predicted octanol–water partition coefficient (Wildman–Crippen LogP) is 5.03. The van der Waals surface area contributed by atoms with E-state index in [9.17, 15) is 28.2 Å². The summed E-state index contributed by atoms with van der Waals surface area (Å²) < 4.78 is 32.0. The van der Waals surface area contributed by atoms with Crippen LogP contribution in [-0.4, -0.2) is 63.2 Å². The fraction of sp³-hybridized carbons (Fsp3) is 0.371. The smallest absolute Gasteiger partial charge is 0.332 e. The van der Waals surface area contributed by atoms with Crippen LogP contribution < -0.4 is 16.7 Å². The van der Waals surface area contributed by atoms with Crippen molar-refractivity contribution in [1.29, 1.82) is 0 Å². The number of carbonyl (C=O) groups excluding carboxylic acids is 1. The molecule has 264 valence electrons. The van der Waals surface area contributed by atoms with E-state index in [0.29, 0.717) is 0 Å². The predicted molar refractivity (Wildman–Crippen MR) is 195 cm³/mol. The van der Waals surface area contributed by atoms with Gasteiger partial charge in [0.15, 0.2) is 0 Å². The number of anilines is 1. The van der Waals surface area contributed by atoms with Crippen LogP contribution in [0.5, 0.6) is 5.88 Å². The van der Waals surface area contributed by atoms with Crippen molar-refractivity contribution in [2.45, 2.75) is 63.7 Å². The van der Waals surface area contributed by atoms with Crippen LogP contribution in [0, 0.1) is 11.8 Å². The first-order valence-electron chi connectivity index (χ1n) is 15.9. The van der Waals surface area contributed by atoms with E-state index in [2.05, 4.69) is 21.2 Å². The molecule has 0 aliphatic rings. The molecule has 49 heavy (non-hydrogen) atoms. The first-order chi connectivity index (χ1) is 23.1. The van der Waals surface area contributed by atoms with Gasteiger partial charge in [-0.3, -0.25) is 13.9 Å². The van der Waals surface area contributed by atoms with Crippen LogP contribution in [0.4, 0.5) is 5.69 Å². The molecule has 0 radical (unpaired) electrons. The molecule has 0 saturated carbocycles. The molecular formula is C35H43BrClN5O6S. The Balaban J connectivity index is 1.66. The van der Waals surface area contributed by atoms with E-state index in [1.54, 1.807) is 13.8 Å². The summed E-state index contributed by atoms with van der Waals surface area (Å²) in [6, 6.07) is 18.5. The highest BCUT2D eigenvalue weighted by molar-refractivity contribution is 9.10. The fourth-order valence-electron chi connectivity index (χ4n) is 5.67. The maximum absolute atomic E-state index is 14.1. The number of amides is 1. The quantitative estimate of drug-likeness (QED) is 0.123. The van der Waals surface area contributed by atoms with Crippen molar-refractivity contribution in [1.82, 2.24) is 18.8 Å². The van der Waals surface area contributed by atoms with Crippen LogP contribution in [0.3, 0.4) is 0 Å². The van der Waals surface area contributed by atoms with Gasteiger partial charge in [0.1, 0.15) is 6.04 Å². The van der Waals surface area contributed by atoms with Crippen LogP contribution in [-0.2, 0) is 27.8 Å². The molecule has 0 aliphatic heterocycles. The van der Waals surface area contributed by atoms with Crippen molar-refractivity contribution in [3.63, 3.8) is 0 Å². The SMILES string of the molecule is CC(C)CN(C[C@@H](O)[C@H](Cc1ccccc1)NC(=O)[C@H](C(C)C)n1cc(O)n(Cc2cccc(Br)c2)c1=O)S(=O)(=O)c1ccc(Cl)c(N)c1. The third-order valence-electron chi connectivity index (χ3n) is 8.07. The minimum atomic E-state index is -4.13. The molecule has 1 heterocycles. The zero-order valence-electron chi connectivity index (χ0n) is 27.8. The number of imidazole rings is 1. The maximum Gasteiger partial charge on any atom is 0.332 e. The molecule has 0 spiro atoms. The van der Waals surface area contributed by atoms with E-state index >= 15 is 0 Å². The number of halogens is 2. The van der Waals surface area contributed by atoms with Crippen LogP contribution in [0.25, 0.3) is 0 Å². The molecule has 0 aliphatic carbocycles. The summed E-state index contributed by atoms with van der Waals surface area (Å²) in [5.74, 6) is -1.37. The number of rotatable bonds is 15. The zero-order chi connectivity index (χ0) is 36.0. The molecule has 11 nitrogen and oxygen atoms in total. The number of nitrogens with zero attached hydrogens (tertiary/aromatic N) is 3. The highest BCUT2D eigenvalue weighted by atomic mass is 79.9. The first-order valence-corrected chi connectivity index (χ1v) is 18.5. The fourth-order valence-corrected chi connectivity index (χ4v) is 7.89. The average molecular weight is 777 g/mol. The minimum absolute atomic E-state index is 0.0719. The molecule has 3 aromatic carbocycles. The Hall–Kier alpha value is -3.62. The molecule has 4 aromatic rings. The number of aromatic hydroxyl groups is 1. The normalized spacial score (nSPS) is 13.9. The molecule has 0 fully saturated rings. The Morgan fingerprint density at radius 1 is 1.00 bits per heavy atom. The number of benzene rings is 3. The van der Waals surface area contributed by atoms with Crippen molar-refractivity contribution >= 4 is 49.1 Å². The van der Waals surface area contributed by atoms with Crippen LogP contribution in [0.1, 0.15) is 44.9 Å². The van der Waals surface area contributed by atoms with Gasteiger partial charge in [-0.25, -0.2) is 13.2 Å². The van der Waals surface area contributed by atoms with Crippen LogP contribution >= 0.6 is 27.5 Å². The van der Waals surface area contributed by atoms with Gasteiger partial charge in [0.05, 0.1) is 40.5 Å². The van der Waals surface area contributed by atoms with E-state index in [1.807, 2.05) is 68.4 Å². The van der Waals surface area contributed by atoms with E-state index in [4.69, 9.17) is 17.3 Å². The van der Waals surface area contributed by atoms with Gasteiger partial charge in [-0.05, 0) is 59.7 Å². The number of carbonyl (C=O) groups is 1. The number of nitrogens with two attached hydrogens (primary N) is 1. The Morgan fingerprint density at radius 3 is 2.29 bits per heavy atom. The Bertz CT molecular complexity index is 1910. The summed E-state index contributed by atoms with van der Waals surface area (Å²) in [5.41, 5.74) is 7.01. The van der Waals surface area contributed by atoms with Gasteiger partial charge in [0.2, 0.25) is 21.8 Å². The summed E-state index contributed by atoms with van der Waals surface area (Å²) in [5, 5.41) is 25.6. The minimum Gasteiger partial charge on any atom is -0.493 e. The van der Waals surface area contributed by atoms with Crippen molar-refractivity contribution in [2.24, 2.45) is 11.8 Å². The summed E-state index contributed by atoms with van der Waals surface area (Å²) in [6.07, 6.45) is 0.0509. The van der Waals surface area contributed by atoms with E-state index in [-0.39, 0.29) is 53.5 Å². The Labute approximate surface area is 300 Å². The van der Waals surface area contributed by atoms with Gasteiger partial charge in [-0.2, -0.15) is 4.31 Å². The molecule has 3 atom stereocenters. The molecule has 0 unspecified atom stereocenters. The largest absolute Gasteiger partial charge is 0.493 e. The van der Waals surface area contributed by atoms with Crippen molar-refractivity contribution < 1.29 is 23.4 Å². The van der Waals surface area contributed by atoms with Crippen LogP contribution in [0.15, 0.2) is 93.2 Å². The number of hydrogen-bond acceptors (Lipinski definition) is 7. The van der Waals surface area contributed by atoms with Gasteiger partial charge < -0.3 is 21.3 Å². The molecular weight excluding hydrogens is 734 g/mol. The standard InChI is InChI=1S/C35H43BrClN5O6S/c1-22(2)18-40(49(47,48)27-13-14-28(37)29(38)17-27)20-31(43)30(16-24-9-6-5-7-10-24)39-34(45)33(23(3)4)42-21-32(44)41(35(42)46)19-25-11-8-12-26(36)15-25/h5-15,17,21-23,30-31,33,43-44H,16,18-20,38H2,1-4H3,(H,39,45)/t30-,31+,33-/m0/s1. The highest BCUT2D eigenvalue weighted by Crippen LogP contribution is 2.26.